The Morgan fingerprint density at radius 3 is 2.29 bits per heavy atom. The summed E-state index contributed by atoms with van der Waals surface area (Å²) in [5.74, 6) is 0. The fourth-order valence-electron chi connectivity index (χ4n) is 1.69. The Kier molecular flexibility index (Phi) is 5.36. The van der Waals surface area contributed by atoms with Gasteiger partial charge in [-0.15, -0.1) is 0 Å². The molecule has 0 aliphatic carbocycles. The maximum absolute atomic E-state index is 7.01. The summed E-state index contributed by atoms with van der Waals surface area (Å²) in [7, 11) is 2.13. The van der Waals surface area contributed by atoms with Crippen molar-refractivity contribution >= 4 is 12.1 Å². The number of hydrogen-bond donors (Lipinski definition) is 1. The summed E-state index contributed by atoms with van der Waals surface area (Å²) in [6.45, 7) is 11.6. The summed E-state index contributed by atoms with van der Waals surface area (Å²) >= 11 is 0. The van der Waals surface area contributed by atoms with Crippen molar-refractivity contribution in [1.82, 2.24) is 9.80 Å². The van der Waals surface area contributed by atoms with Crippen LogP contribution in [0, 0.1) is 5.41 Å². The largest absolute Gasteiger partial charge is 0.374 e. The SMILES string of the molecule is C=CC(=NC=N)/C(C=C)=C/N1CCN(C)CC1. The van der Waals surface area contributed by atoms with Gasteiger partial charge in [0.25, 0.3) is 0 Å². The second-order valence-corrected chi connectivity index (χ2v) is 3.98. The molecule has 0 spiro atoms. The van der Waals surface area contributed by atoms with Crippen LogP contribution in [0.3, 0.4) is 0 Å². The summed E-state index contributed by atoms with van der Waals surface area (Å²) in [4.78, 5) is 8.51. The number of nitrogens with zero attached hydrogens (tertiary/aromatic N) is 3. The molecule has 1 aliphatic heterocycles. The van der Waals surface area contributed by atoms with Crippen LogP contribution < -0.4 is 0 Å². The number of piperazine rings is 1. The van der Waals surface area contributed by atoms with Gasteiger partial charge < -0.3 is 9.80 Å². The quantitative estimate of drug-likeness (QED) is 0.444. The van der Waals surface area contributed by atoms with Gasteiger partial charge in [0.2, 0.25) is 0 Å². The molecule has 0 bridgehead atoms. The lowest BCUT2D eigenvalue weighted by Gasteiger charge is -2.32. The van der Waals surface area contributed by atoms with Gasteiger partial charge in [0.1, 0.15) is 6.34 Å². The minimum atomic E-state index is 0.689. The number of aliphatic imine (C=N–C) groups is 1. The van der Waals surface area contributed by atoms with Crippen LogP contribution in [-0.4, -0.2) is 55.1 Å². The molecule has 0 aromatic heterocycles. The number of hydrogen-bond acceptors (Lipinski definition) is 3. The van der Waals surface area contributed by atoms with Crippen molar-refractivity contribution in [1.29, 1.82) is 5.41 Å². The molecule has 92 valence electrons. The van der Waals surface area contributed by atoms with Crippen molar-refractivity contribution in [3.05, 3.63) is 37.1 Å². The number of allylic oxidation sites excluding steroid dienone is 3. The van der Waals surface area contributed by atoms with Crippen molar-refractivity contribution < 1.29 is 0 Å². The van der Waals surface area contributed by atoms with Crippen molar-refractivity contribution in [3.63, 3.8) is 0 Å². The van der Waals surface area contributed by atoms with Crippen LogP contribution >= 0.6 is 0 Å². The summed E-state index contributed by atoms with van der Waals surface area (Å²) in [6.07, 6.45) is 6.47. The lowest BCUT2D eigenvalue weighted by Crippen LogP contribution is -2.42. The van der Waals surface area contributed by atoms with E-state index in [1.807, 2.05) is 6.20 Å². The molecule has 1 N–H and O–H groups in total. The van der Waals surface area contributed by atoms with Crippen LogP contribution in [0.4, 0.5) is 0 Å². The van der Waals surface area contributed by atoms with Gasteiger partial charge in [-0.2, -0.15) is 0 Å². The fraction of sp³-hybridized carbons (Fsp3) is 0.385. The van der Waals surface area contributed by atoms with Crippen LogP contribution in [0.5, 0.6) is 0 Å². The van der Waals surface area contributed by atoms with Crippen molar-refractivity contribution in [3.8, 4) is 0 Å². The Balaban J connectivity index is 2.79. The van der Waals surface area contributed by atoms with E-state index in [-0.39, 0.29) is 0 Å². The third-order valence-electron chi connectivity index (χ3n) is 2.77. The molecule has 0 atom stereocenters. The molecule has 1 aliphatic rings. The van der Waals surface area contributed by atoms with E-state index in [4.69, 9.17) is 5.41 Å². The molecule has 17 heavy (non-hydrogen) atoms. The van der Waals surface area contributed by atoms with Gasteiger partial charge in [0.05, 0.1) is 5.71 Å². The van der Waals surface area contributed by atoms with Gasteiger partial charge in [-0.3, -0.25) is 5.41 Å². The zero-order valence-corrected chi connectivity index (χ0v) is 10.4. The maximum Gasteiger partial charge on any atom is 0.107 e. The molecule has 1 saturated heterocycles. The first-order valence-corrected chi connectivity index (χ1v) is 5.67. The van der Waals surface area contributed by atoms with Crippen molar-refractivity contribution in [2.45, 2.75) is 0 Å². The van der Waals surface area contributed by atoms with E-state index in [9.17, 15) is 0 Å². The van der Waals surface area contributed by atoms with Gasteiger partial charge in [-0.25, -0.2) is 4.99 Å². The minimum Gasteiger partial charge on any atom is -0.374 e. The molecule has 0 amide bonds. The van der Waals surface area contributed by atoms with Crippen LogP contribution in [-0.2, 0) is 0 Å². The Hall–Kier alpha value is -1.68. The molecule has 0 aromatic rings. The zero-order valence-electron chi connectivity index (χ0n) is 10.4. The molecule has 0 unspecified atom stereocenters. The van der Waals surface area contributed by atoms with Crippen LogP contribution in [0.25, 0.3) is 0 Å². The van der Waals surface area contributed by atoms with Crippen LogP contribution in [0.15, 0.2) is 42.1 Å². The molecule has 1 heterocycles. The second kappa shape index (κ2) is 6.81. The Morgan fingerprint density at radius 2 is 1.82 bits per heavy atom. The van der Waals surface area contributed by atoms with E-state index in [0.29, 0.717) is 5.71 Å². The average molecular weight is 232 g/mol. The molecular weight excluding hydrogens is 212 g/mol. The first-order chi connectivity index (χ1) is 8.21. The van der Waals surface area contributed by atoms with E-state index in [2.05, 4.69) is 35.0 Å². The molecule has 1 fully saturated rings. The van der Waals surface area contributed by atoms with Crippen LogP contribution in [0.1, 0.15) is 0 Å². The van der Waals surface area contributed by atoms with Gasteiger partial charge in [0, 0.05) is 38.0 Å². The lowest BCUT2D eigenvalue weighted by atomic mass is 10.1. The number of nitrogens with one attached hydrogen (secondary N) is 1. The highest BCUT2D eigenvalue weighted by molar-refractivity contribution is 6.12. The molecule has 0 saturated carbocycles. The summed E-state index contributed by atoms with van der Waals surface area (Å²) in [5.41, 5.74) is 1.60. The lowest BCUT2D eigenvalue weighted by molar-refractivity contribution is 0.198. The highest BCUT2D eigenvalue weighted by atomic mass is 15.2. The average Bonchev–Trinajstić information content (AvgIpc) is 2.36. The van der Waals surface area contributed by atoms with E-state index >= 15 is 0 Å². The maximum atomic E-state index is 7.01. The standard InChI is InChI=1S/C13H20N4/c1-4-12(13(5-2)15-11-14)10-17-8-6-16(3)7-9-17/h4-5,10-11,14H,1-2,6-9H2,3H3/b12-10+,14-11?,15-13?. The predicted molar refractivity (Wildman–Crippen MR) is 73.8 cm³/mol. The topological polar surface area (TPSA) is 42.7 Å². The summed E-state index contributed by atoms with van der Waals surface area (Å²) in [5, 5.41) is 7.01. The molecular formula is C13H20N4. The minimum absolute atomic E-state index is 0.689. The Morgan fingerprint density at radius 1 is 1.18 bits per heavy atom. The first-order valence-electron chi connectivity index (χ1n) is 5.67. The van der Waals surface area contributed by atoms with Crippen molar-refractivity contribution in [2.75, 3.05) is 33.2 Å². The van der Waals surface area contributed by atoms with Gasteiger partial charge in [-0.05, 0) is 13.1 Å². The molecule has 0 aromatic carbocycles. The van der Waals surface area contributed by atoms with E-state index in [0.717, 1.165) is 38.1 Å². The molecule has 1 rings (SSSR count). The zero-order chi connectivity index (χ0) is 12.7. The summed E-state index contributed by atoms with van der Waals surface area (Å²) in [6, 6.07) is 0. The monoisotopic (exact) mass is 232 g/mol. The highest BCUT2D eigenvalue weighted by Crippen LogP contribution is 2.07. The van der Waals surface area contributed by atoms with Gasteiger partial charge >= 0.3 is 0 Å². The Bertz CT molecular complexity index is 346. The molecule has 0 radical (unpaired) electrons. The van der Waals surface area contributed by atoms with Gasteiger partial charge in [-0.1, -0.05) is 19.2 Å². The third-order valence-corrected chi connectivity index (χ3v) is 2.77. The van der Waals surface area contributed by atoms with Crippen LogP contribution in [0.2, 0.25) is 0 Å². The Labute approximate surface area is 103 Å². The van der Waals surface area contributed by atoms with E-state index in [1.54, 1.807) is 12.2 Å². The van der Waals surface area contributed by atoms with Gasteiger partial charge in [0.15, 0.2) is 0 Å². The normalized spacial score (nSPS) is 19.0. The summed E-state index contributed by atoms with van der Waals surface area (Å²) < 4.78 is 0. The van der Waals surface area contributed by atoms with E-state index < -0.39 is 0 Å². The van der Waals surface area contributed by atoms with E-state index in [1.165, 1.54) is 0 Å². The highest BCUT2D eigenvalue weighted by Gasteiger charge is 2.11. The fourth-order valence-corrected chi connectivity index (χ4v) is 1.69. The van der Waals surface area contributed by atoms with Crippen molar-refractivity contribution in [2.24, 2.45) is 4.99 Å². The molecule has 4 nitrogen and oxygen atoms in total. The number of rotatable bonds is 5. The first kappa shape index (κ1) is 13.4. The second-order valence-electron chi connectivity index (χ2n) is 3.98. The smallest absolute Gasteiger partial charge is 0.107 e. The third kappa shape index (κ3) is 4.00. The predicted octanol–water partition coefficient (Wildman–Crippen LogP) is 1.54. The molecule has 4 heteroatoms. The number of likely N-dealkylation sites (N-methyl/N-ethyl adjacent to an activating group) is 1.